The van der Waals surface area contributed by atoms with E-state index in [4.69, 9.17) is 14.6 Å². The van der Waals surface area contributed by atoms with Crippen molar-refractivity contribution in [2.75, 3.05) is 36.5 Å². The summed E-state index contributed by atoms with van der Waals surface area (Å²) in [7, 11) is 0. The van der Waals surface area contributed by atoms with E-state index in [1.165, 1.54) is 5.56 Å². The molecule has 0 bridgehead atoms. The van der Waals surface area contributed by atoms with Crippen LogP contribution in [0.4, 0.5) is 16.2 Å². The number of benzene rings is 3. The summed E-state index contributed by atoms with van der Waals surface area (Å²) >= 11 is 0. The van der Waals surface area contributed by atoms with Crippen LogP contribution in [0.3, 0.4) is 0 Å². The molecule has 0 atom stereocenters. The summed E-state index contributed by atoms with van der Waals surface area (Å²) in [5.74, 6) is 0.403. The number of nitrogens with one attached hydrogen (secondary N) is 2. The highest BCUT2D eigenvalue weighted by molar-refractivity contribution is 5.97. The quantitative estimate of drug-likeness (QED) is 0.207. The van der Waals surface area contributed by atoms with Crippen molar-refractivity contribution in [1.82, 2.24) is 15.1 Å². The summed E-state index contributed by atoms with van der Waals surface area (Å²) in [4.78, 5) is 37.6. The fourth-order valence-corrected chi connectivity index (χ4v) is 5.01. The number of para-hydroxylation sites is 1. The second-order valence-electron chi connectivity index (χ2n) is 10.5. The van der Waals surface area contributed by atoms with E-state index < -0.39 is 18.5 Å². The molecule has 5 rings (SSSR count). The van der Waals surface area contributed by atoms with Crippen LogP contribution in [0.15, 0.2) is 73.1 Å². The van der Waals surface area contributed by atoms with Crippen LogP contribution in [0.5, 0.6) is 11.5 Å². The van der Waals surface area contributed by atoms with Crippen molar-refractivity contribution in [3.63, 3.8) is 0 Å². The lowest BCUT2D eigenvalue weighted by molar-refractivity contribution is -0.135. The Morgan fingerprint density at radius 3 is 2.73 bits per heavy atom. The molecule has 4 aromatic rings. The summed E-state index contributed by atoms with van der Waals surface area (Å²) in [5.41, 5.74) is 6.14. The van der Waals surface area contributed by atoms with Crippen molar-refractivity contribution in [1.29, 1.82) is 0 Å². The highest BCUT2D eigenvalue weighted by Gasteiger charge is 2.26. The smallest absolute Gasteiger partial charge is 0.323 e. The first-order valence-corrected chi connectivity index (χ1v) is 14.4. The average molecular weight is 598 g/mol. The monoisotopic (exact) mass is 597 g/mol. The number of anilines is 2. The number of aliphatic carboxylic acids is 1. The molecule has 3 amide bonds. The molecule has 0 aliphatic carbocycles. The maximum Gasteiger partial charge on any atom is 0.323 e. The lowest BCUT2D eigenvalue weighted by Crippen LogP contribution is -2.38. The Bertz CT molecular complexity index is 1670. The fourth-order valence-electron chi connectivity index (χ4n) is 5.01. The predicted octanol–water partition coefficient (Wildman–Crippen LogP) is 5.01. The van der Waals surface area contributed by atoms with E-state index in [1.807, 2.05) is 49.5 Å². The Hall–Kier alpha value is -5.32. The molecule has 2 heterocycles. The molecule has 228 valence electrons. The number of urea groups is 1. The van der Waals surface area contributed by atoms with Crippen molar-refractivity contribution in [2.45, 2.75) is 33.2 Å². The van der Waals surface area contributed by atoms with Crippen molar-refractivity contribution in [3.8, 4) is 22.6 Å². The average Bonchev–Trinajstić information content (AvgIpc) is 3.47. The minimum atomic E-state index is -1.12. The van der Waals surface area contributed by atoms with Gasteiger partial charge in [0.25, 0.3) is 0 Å². The zero-order valence-corrected chi connectivity index (χ0v) is 24.7. The van der Waals surface area contributed by atoms with E-state index in [0.29, 0.717) is 50.6 Å². The zero-order valence-electron chi connectivity index (χ0n) is 24.7. The van der Waals surface area contributed by atoms with Gasteiger partial charge in [0.05, 0.1) is 31.6 Å². The van der Waals surface area contributed by atoms with Crippen LogP contribution in [0.25, 0.3) is 11.1 Å². The fraction of sp³-hybridized carbons (Fsp3) is 0.273. The van der Waals surface area contributed by atoms with Crippen molar-refractivity contribution < 1.29 is 29.0 Å². The van der Waals surface area contributed by atoms with Gasteiger partial charge in [-0.2, -0.15) is 5.10 Å². The molecule has 1 aliphatic rings. The van der Waals surface area contributed by atoms with E-state index in [1.54, 1.807) is 34.0 Å². The van der Waals surface area contributed by atoms with Gasteiger partial charge in [-0.3, -0.25) is 14.3 Å². The molecule has 44 heavy (non-hydrogen) atoms. The van der Waals surface area contributed by atoms with Gasteiger partial charge < -0.3 is 30.1 Å². The van der Waals surface area contributed by atoms with E-state index in [2.05, 4.69) is 28.7 Å². The van der Waals surface area contributed by atoms with Crippen LogP contribution in [-0.4, -0.2) is 59.1 Å². The first kappa shape index (κ1) is 30.1. The third kappa shape index (κ3) is 7.35. The van der Waals surface area contributed by atoms with Crippen LogP contribution >= 0.6 is 0 Å². The zero-order chi connectivity index (χ0) is 31.1. The SMILES string of the molecule is Cc1cccc(OCCCC(=O)N2CCOc3c(-c4cnn(Cc5cccc(NC(=O)NCC(=O)O)c5)c4)cccc32)c1C. The molecule has 0 saturated heterocycles. The lowest BCUT2D eigenvalue weighted by atomic mass is 10.1. The second-order valence-corrected chi connectivity index (χ2v) is 10.5. The molecule has 0 unspecified atom stereocenters. The number of carbonyl (C=O) groups excluding carboxylic acids is 2. The topological polar surface area (TPSA) is 135 Å². The molecular weight excluding hydrogens is 562 g/mol. The number of aromatic nitrogens is 2. The van der Waals surface area contributed by atoms with Gasteiger partial charge in [-0.25, -0.2) is 4.79 Å². The van der Waals surface area contributed by atoms with Crippen molar-refractivity contribution >= 4 is 29.3 Å². The predicted molar refractivity (Wildman–Crippen MR) is 166 cm³/mol. The molecule has 11 heteroatoms. The molecular formula is C33H35N5O6. The first-order chi connectivity index (χ1) is 21.3. The van der Waals surface area contributed by atoms with Gasteiger partial charge in [-0.1, -0.05) is 36.4 Å². The molecule has 1 aliphatic heterocycles. The molecule has 0 saturated carbocycles. The van der Waals surface area contributed by atoms with Crippen LogP contribution < -0.4 is 25.0 Å². The molecule has 0 fully saturated rings. The number of amides is 3. The molecule has 1 aromatic heterocycles. The van der Waals surface area contributed by atoms with Crippen LogP contribution in [0, 0.1) is 13.8 Å². The van der Waals surface area contributed by atoms with E-state index in [-0.39, 0.29) is 5.91 Å². The van der Waals surface area contributed by atoms with E-state index >= 15 is 0 Å². The van der Waals surface area contributed by atoms with Crippen LogP contribution in [0.2, 0.25) is 0 Å². The molecule has 0 radical (unpaired) electrons. The summed E-state index contributed by atoms with van der Waals surface area (Å²) in [6.07, 6.45) is 4.63. The van der Waals surface area contributed by atoms with Gasteiger partial charge >= 0.3 is 12.0 Å². The highest BCUT2D eigenvalue weighted by atomic mass is 16.5. The summed E-state index contributed by atoms with van der Waals surface area (Å²) in [5, 5.41) is 18.1. The Balaban J connectivity index is 1.22. The number of carboxylic acids is 1. The van der Waals surface area contributed by atoms with Gasteiger partial charge in [0, 0.05) is 29.4 Å². The Kier molecular flexibility index (Phi) is 9.43. The summed E-state index contributed by atoms with van der Waals surface area (Å²) < 4.78 is 13.8. The molecule has 11 nitrogen and oxygen atoms in total. The van der Waals surface area contributed by atoms with Crippen LogP contribution in [0.1, 0.15) is 29.5 Å². The Labute approximate surface area is 255 Å². The molecule has 0 spiro atoms. The molecule has 3 N–H and O–H groups in total. The number of carboxylic acid groups (broad SMARTS) is 1. The summed E-state index contributed by atoms with van der Waals surface area (Å²) in [6, 6.07) is 18.4. The number of fused-ring (bicyclic) bond motifs is 1. The first-order valence-electron chi connectivity index (χ1n) is 14.4. The van der Waals surface area contributed by atoms with Crippen molar-refractivity contribution in [2.24, 2.45) is 0 Å². The number of carbonyl (C=O) groups is 3. The second kappa shape index (κ2) is 13.8. The Morgan fingerprint density at radius 2 is 1.89 bits per heavy atom. The van der Waals surface area contributed by atoms with Crippen LogP contribution in [-0.2, 0) is 16.1 Å². The van der Waals surface area contributed by atoms with Gasteiger partial charge in [0.15, 0.2) is 5.75 Å². The minimum absolute atomic E-state index is 0.0251. The Morgan fingerprint density at radius 1 is 1.07 bits per heavy atom. The number of aryl methyl sites for hydroxylation is 1. The summed E-state index contributed by atoms with van der Waals surface area (Å²) in [6.45, 7) is 5.39. The van der Waals surface area contributed by atoms with Gasteiger partial charge in [0.2, 0.25) is 5.91 Å². The normalized spacial score (nSPS) is 12.2. The minimum Gasteiger partial charge on any atom is -0.493 e. The van der Waals surface area contributed by atoms with E-state index in [9.17, 15) is 14.4 Å². The largest absolute Gasteiger partial charge is 0.493 e. The highest BCUT2D eigenvalue weighted by Crippen LogP contribution is 2.40. The third-order valence-corrected chi connectivity index (χ3v) is 7.37. The van der Waals surface area contributed by atoms with Gasteiger partial charge in [-0.05, 0) is 61.2 Å². The number of nitrogens with zero attached hydrogens (tertiary/aromatic N) is 3. The van der Waals surface area contributed by atoms with Crippen molar-refractivity contribution in [3.05, 3.63) is 89.7 Å². The lowest BCUT2D eigenvalue weighted by Gasteiger charge is -2.31. The number of rotatable bonds is 11. The number of hydrogen-bond donors (Lipinski definition) is 3. The maximum absolute atomic E-state index is 13.3. The van der Waals surface area contributed by atoms with Gasteiger partial charge in [-0.15, -0.1) is 0 Å². The van der Waals surface area contributed by atoms with Gasteiger partial charge in [0.1, 0.15) is 18.9 Å². The number of hydrogen-bond acceptors (Lipinski definition) is 6. The van der Waals surface area contributed by atoms with E-state index in [0.717, 1.165) is 33.7 Å². The standard InChI is InChI=1S/C33H35N5O6/c1-22-7-3-12-29(23(22)2)43-15-6-13-30(39)38-14-16-44-32-27(10-5-11-28(32)38)25-18-35-37(21-25)20-24-8-4-9-26(17-24)36-33(42)34-19-31(40)41/h3-5,7-12,17-18,21H,6,13-16,19-20H2,1-2H3,(H,40,41)(H2,34,36,42). The maximum atomic E-state index is 13.3. The molecule has 3 aromatic carbocycles. The third-order valence-electron chi connectivity index (χ3n) is 7.37. The number of ether oxygens (including phenoxy) is 2.